The summed E-state index contributed by atoms with van der Waals surface area (Å²) < 4.78 is 5.68. The maximum Gasteiger partial charge on any atom is 0.144 e. The maximum absolute atomic E-state index is 6.21. The molecule has 0 aliphatic heterocycles. The number of anilines is 2. The van der Waals surface area contributed by atoms with Crippen LogP contribution in [0.5, 0.6) is 5.75 Å². The summed E-state index contributed by atoms with van der Waals surface area (Å²) in [7, 11) is 0. The molecule has 0 fully saturated rings. The van der Waals surface area contributed by atoms with Gasteiger partial charge in [-0.2, -0.15) is 0 Å². The van der Waals surface area contributed by atoms with E-state index >= 15 is 0 Å². The first-order valence-corrected chi connectivity index (χ1v) is 7.44. The molecule has 20 heavy (non-hydrogen) atoms. The van der Waals surface area contributed by atoms with Gasteiger partial charge in [0.1, 0.15) is 5.75 Å². The smallest absolute Gasteiger partial charge is 0.144 e. The van der Waals surface area contributed by atoms with Gasteiger partial charge in [-0.3, -0.25) is 0 Å². The Balaban J connectivity index is 2.87. The summed E-state index contributed by atoms with van der Waals surface area (Å²) in [5.74, 6) is 0.767. The van der Waals surface area contributed by atoms with Crippen LogP contribution in [0.2, 0.25) is 0 Å². The zero-order chi connectivity index (χ0) is 15.4. The van der Waals surface area contributed by atoms with Crippen LogP contribution in [0.3, 0.4) is 0 Å². The molecule has 0 heterocycles. The molecule has 3 N–H and O–H groups in total. The van der Waals surface area contributed by atoms with Gasteiger partial charge >= 0.3 is 0 Å². The number of rotatable bonds is 6. The first kappa shape index (κ1) is 16.7. The summed E-state index contributed by atoms with van der Waals surface area (Å²) in [6.45, 7) is 13.9. The molecule has 0 saturated carbocycles. The number of hydrogen-bond donors (Lipinski definition) is 2. The number of hydrogen-bond acceptors (Lipinski definition) is 3. The molecule has 3 heteroatoms. The van der Waals surface area contributed by atoms with Crippen molar-refractivity contribution in [1.29, 1.82) is 0 Å². The largest absolute Gasteiger partial charge is 0.491 e. The highest BCUT2D eigenvalue weighted by Crippen LogP contribution is 2.34. The normalized spacial score (nSPS) is 12.3. The van der Waals surface area contributed by atoms with Gasteiger partial charge in [-0.1, -0.05) is 33.8 Å². The SMILES string of the molecule is CCCOc1cccc(NC(C)(C)CC(C)(C)C)c1N. The zero-order valence-electron chi connectivity index (χ0n) is 13.8. The Hall–Kier alpha value is -1.38. The molecule has 0 atom stereocenters. The van der Waals surface area contributed by atoms with Gasteiger partial charge in [-0.05, 0) is 44.2 Å². The molecule has 3 nitrogen and oxygen atoms in total. The molecule has 0 aromatic heterocycles. The van der Waals surface area contributed by atoms with E-state index in [1.54, 1.807) is 0 Å². The molecule has 1 aromatic carbocycles. The van der Waals surface area contributed by atoms with Crippen LogP contribution in [-0.4, -0.2) is 12.1 Å². The first-order valence-electron chi connectivity index (χ1n) is 7.44. The molecule has 0 unspecified atom stereocenters. The Morgan fingerprint density at radius 3 is 2.35 bits per heavy atom. The Morgan fingerprint density at radius 1 is 1.15 bits per heavy atom. The van der Waals surface area contributed by atoms with Crippen molar-refractivity contribution in [2.24, 2.45) is 5.41 Å². The van der Waals surface area contributed by atoms with Crippen molar-refractivity contribution in [3.05, 3.63) is 18.2 Å². The van der Waals surface area contributed by atoms with Gasteiger partial charge in [0.2, 0.25) is 0 Å². The third-order valence-electron chi connectivity index (χ3n) is 2.97. The van der Waals surface area contributed by atoms with E-state index in [1.807, 2.05) is 18.2 Å². The van der Waals surface area contributed by atoms with Gasteiger partial charge < -0.3 is 15.8 Å². The molecule has 0 bridgehead atoms. The second-order valence-corrected chi connectivity index (χ2v) is 7.31. The van der Waals surface area contributed by atoms with Crippen LogP contribution in [0, 0.1) is 5.41 Å². The van der Waals surface area contributed by atoms with Gasteiger partial charge in [-0.25, -0.2) is 0 Å². The number of benzene rings is 1. The number of nitrogen functional groups attached to an aromatic ring is 1. The topological polar surface area (TPSA) is 47.3 Å². The van der Waals surface area contributed by atoms with Gasteiger partial charge in [-0.15, -0.1) is 0 Å². The quantitative estimate of drug-likeness (QED) is 0.742. The van der Waals surface area contributed by atoms with Crippen molar-refractivity contribution in [2.75, 3.05) is 17.7 Å². The molecule has 0 aliphatic carbocycles. The second kappa shape index (κ2) is 6.38. The molecule has 1 rings (SSSR count). The van der Waals surface area contributed by atoms with E-state index in [0.717, 1.165) is 24.3 Å². The van der Waals surface area contributed by atoms with Crippen molar-refractivity contribution < 1.29 is 4.74 Å². The molecule has 1 aromatic rings. The zero-order valence-corrected chi connectivity index (χ0v) is 13.8. The van der Waals surface area contributed by atoms with Gasteiger partial charge in [0.05, 0.1) is 18.0 Å². The number of ether oxygens (including phenoxy) is 1. The van der Waals surface area contributed by atoms with Crippen LogP contribution < -0.4 is 15.8 Å². The van der Waals surface area contributed by atoms with Gasteiger partial charge in [0, 0.05) is 5.54 Å². The van der Waals surface area contributed by atoms with E-state index in [2.05, 4.69) is 46.9 Å². The average Bonchev–Trinajstić information content (AvgIpc) is 2.27. The Bertz CT molecular complexity index is 433. The summed E-state index contributed by atoms with van der Waals surface area (Å²) in [5.41, 5.74) is 8.10. The Kier molecular flexibility index (Phi) is 5.32. The van der Waals surface area contributed by atoms with Crippen LogP contribution in [-0.2, 0) is 0 Å². The standard InChI is InChI=1S/C17H30N2O/c1-7-11-20-14-10-8-9-13(15(14)18)19-17(5,6)12-16(2,3)4/h8-10,19H,7,11-12,18H2,1-6H3. The monoisotopic (exact) mass is 278 g/mol. The van der Waals surface area contributed by atoms with E-state index in [9.17, 15) is 0 Å². The molecule has 114 valence electrons. The Labute approximate surface area is 123 Å². The summed E-state index contributed by atoms with van der Waals surface area (Å²) in [4.78, 5) is 0. The molecular weight excluding hydrogens is 248 g/mol. The van der Waals surface area contributed by atoms with E-state index < -0.39 is 0 Å². The number of para-hydroxylation sites is 1. The molecule has 0 amide bonds. The molecule has 0 radical (unpaired) electrons. The number of nitrogens with two attached hydrogens (primary N) is 1. The van der Waals surface area contributed by atoms with Crippen molar-refractivity contribution in [1.82, 2.24) is 0 Å². The molecule has 0 saturated heterocycles. The maximum atomic E-state index is 6.21. The van der Waals surface area contributed by atoms with E-state index in [-0.39, 0.29) is 11.0 Å². The summed E-state index contributed by atoms with van der Waals surface area (Å²) in [6, 6.07) is 5.92. The average molecular weight is 278 g/mol. The van der Waals surface area contributed by atoms with E-state index in [4.69, 9.17) is 10.5 Å². The van der Waals surface area contributed by atoms with Crippen molar-refractivity contribution in [2.45, 2.75) is 59.9 Å². The van der Waals surface area contributed by atoms with Crippen LogP contribution >= 0.6 is 0 Å². The lowest BCUT2D eigenvalue weighted by atomic mass is 9.81. The minimum Gasteiger partial charge on any atom is -0.491 e. The fraction of sp³-hybridized carbons (Fsp3) is 0.647. The predicted molar refractivity (Wildman–Crippen MR) is 88.4 cm³/mol. The number of nitrogens with one attached hydrogen (secondary N) is 1. The van der Waals surface area contributed by atoms with Gasteiger partial charge in [0.25, 0.3) is 0 Å². The highest BCUT2D eigenvalue weighted by molar-refractivity contribution is 5.73. The van der Waals surface area contributed by atoms with Crippen LogP contribution in [0.25, 0.3) is 0 Å². The highest BCUT2D eigenvalue weighted by atomic mass is 16.5. The minimum atomic E-state index is -0.0181. The lowest BCUT2D eigenvalue weighted by Crippen LogP contribution is -2.35. The van der Waals surface area contributed by atoms with Crippen LogP contribution in [0.15, 0.2) is 18.2 Å². The Morgan fingerprint density at radius 2 is 1.80 bits per heavy atom. The van der Waals surface area contributed by atoms with Crippen molar-refractivity contribution in [3.63, 3.8) is 0 Å². The molecular formula is C17H30N2O. The molecule has 0 spiro atoms. The fourth-order valence-corrected chi connectivity index (χ4v) is 2.73. The van der Waals surface area contributed by atoms with E-state index in [1.165, 1.54) is 0 Å². The highest BCUT2D eigenvalue weighted by Gasteiger charge is 2.26. The lowest BCUT2D eigenvalue weighted by molar-refractivity contribution is 0.302. The predicted octanol–water partition coefficient (Wildman–Crippen LogP) is 4.68. The fourth-order valence-electron chi connectivity index (χ4n) is 2.73. The van der Waals surface area contributed by atoms with Crippen LogP contribution in [0.1, 0.15) is 54.4 Å². The molecule has 0 aliphatic rings. The first-order chi connectivity index (χ1) is 9.14. The lowest BCUT2D eigenvalue weighted by Gasteiger charge is -2.34. The third kappa shape index (κ3) is 5.32. The van der Waals surface area contributed by atoms with Crippen molar-refractivity contribution >= 4 is 11.4 Å². The third-order valence-corrected chi connectivity index (χ3v) is 2.97. The summed E-state index contributed by atoms with van der Waals surface area (Å²) in [6.07, 6.45) is 2.03. The summed E-state index contributed by atoms with van der Waals surface area (Å²) in [5, 5.41) is 3.55. The minimum absolute atomic E-state index is 0.0181. The summed E-state index contributed by atoms with van der Waals surface area (Å²) >= 11 is 0. The van der Waals surface area contributed by atoms with E-state index in [0.29, 0.717) is 12.3 Å². The second-order valence-electron chi connectivity index (χ2n) is 7.31. The van der Waals surface area contributed by atoms with Crippen LogP contribution in [0.4, 0.5) is 11.4 Å². The van der Waals surface area contributed by atoms with Gasteiger partial charge in [0.15, 0.2) is 0 Å². The van der Waals surface area contributed by atoms with Crippen molar-refractivity contribution in [3.8, 4) is 5.75 Å².